The van der Waals surface area contributed by atoms with E-state index in [0.717, 1.165) is 60.7 Å². The number of furan rings is 1. The standard InChI is InChI=1S/C70H39N3OS2/c1-6-23-55-45(16-1)46-17-2-7-24-56(46)70(55)57-25-8-3-18-47(57)48-33-30-43(39-58(48)70)41-15-11-14-40(36-41)42-31-34-59-54(37-42)65-51(21-12-26-60(65)74-59)68-71-67(44-32-35-63-53(38-44)49-19-4-9-27-61(49)75-63)72-69(73-68)52-22-13-29-64-66(52)50-20-5-10-28-62(50)76-64/h1-39H. The number of hydrogen-bond acceptors (Lipinski definition) is 6. The number of benzene rings is 11. The van der Waals surface area contributed by atoms with Crippen LogP contribution in [-0.4, -0.2) is 15.0 Å². The zero-order valence-corrected chi connectivity index (χ0v) is 42.2. The lowest BCUT2D eigenvalue weighted by atomic mass is 9.70. The average Bonchev–Trinajstić information content (AvgIpc) is 4.30. The van der Waals surface area contributed by atoms with Crippen LogP contribution in [0.25, 0.3) is 141 Å². The molecule has 11 aromatic carbocycles. The van der Waals surface area contributed by atoms with Crippen LogP contribution in [0.2, 0.25) is 0 Å². The van der Waals surface area contributed by atoms with Gasteiger partial charge in [0.25, 0.3) is 0 Å². The molecule has 2 aliphatic carbocycles. The third kappa shape index (κ3) is 5.91. The van der Waals surface area contributed by atoms with Crippen molar-refractivity contribution >= 4 is 85.0 Å². The van der Waals surface area contributed by atoms with Crippen LogP contribution in [0.1, 0.15) is 22.3 Å². The van der Waals surface area contributed by atoms with Crippen LogP contribution in [0.3, 0.4) is 0 Å². The molecule has 0 atom stereocenters. The molecule has 2 aliphatic rings. The molecule has 0 saturated heterocycles. The van der Waals surface area contributed by atoms with E-state index in [9.17, 15) is 0 Å². The molecule has 17 rings (SSSR count). The van der Waals surface area contributed by atoms with Gasteiger partial charge in [0.2, 0.25) is 0 Å². The van der Waals surface area contributed by atoms with Crippen molar-refractivity contribution in [2.75, 3.05) is 0 Å². The van der Waals surface area contributed by atoms with Crippen LogP contribution < -0.4 is 0 Å². The number of hydrogen-bond donors (Lipinski definition) is 0. The van der Waals surface area contributed by atoms with E-state index in [1.807, 2.05) is 17.4 Å². The van der Waals surface area contributed by atoms with E-state index in [4.69, 9.17) is 19.4 Å². The van der Waals surface area contributed by atoms with Crippen molar-refractivity contribution in [3.8, 4) is 78.7 Å². The number of thiophene rings is 2. The Balaban J connectivity index is 0.822. The van der Waals surface area contributed by atoms with Gasteiger partial charge in [-0.3, -0.25) is 0 Å². The molecule has 0 N–H and O–H groups in total. The van der Waals surface area contributed by atoms with Crippen LogP contribution in [-0.2, 0) is 5.41 Å². The van der Waals surface area contributed by atoms with Gasteiger partial charge in [0.1, 0.15) is 11.2 Å². The molecule has 0 unspecified atom stereocenters. The fraction of sp³-hybridized carbons (Fsp3) is 0.0143. The normalized spacial score (nSPS) is 13.1. The predicted molar refractivity (Wildman–Crippen MR) is 316 cm³/mol. The Hall–Kier alpha value is -9.33. The van der Waals surface area contributed by atoms with E-state index < -0.39 is 5.41 Å². The highest BCUT2D eigenvalue weighted by atomic mass is 32.1. The molecular formula is C70H39N3OS2. The SMILES string of the molecule is c1cc(-c2ccc3c(c2)C2(c4ccccc4-c4ccccc42)c2ccccc2-3)cc(-c2ccc3oc4cccc(-c5nc(-c6ccc7sc8ccccc8c7c6)nc(-c6cccc7sc8ccccc8c67)n5)c4c3c2)c1. The molecule has 0 radical (unpaired) electrons. The summed E-state index contributed by atoms with van der Waals surface area (Å²) in [7, 11) is 0. The summed E-state index contributed by atoms with van der Waals surface area (Å²) in [5, 5.41) is 6.76. The summed E-state index contributed by atoms with van der Waals surface area (Å²) in [6.45, 7) is 0. The summed E-state index contributed by atoms with van der Waals surface area (Å²) >= 11 is 3.61. The van der Waals surface area contributed by atoms with Gasteiger partial charge < -0.3 is 4.42 Å². The molecule has 4 aromatic heterocycles. The minimum absolute atomic E-state index is 0.407. The molecule has 1 spiro atoms. The second-order valence-electron chi connectivity index (χ2n) is 20.1. The average molecular weight is 1000 g/mol. The van der Waals surface area contributed by atoms with Crippen molar-refractivity contribution in [3.05, 3.63) is 259 Å². The monoisotopic (exact) mass is 1000 g/mol. The summed E-state index contributed by atoms with van der Waals surface area (Å²) in [5.41, 5.74) is 19.1. The lowest BCUT2D eigenvalue weighted by molar-refractivity contribution is 0.669. The Kier molecular flexibility index (Phi) is 8.77. The third-order valence-corrected chi connectivity index (χ3v) is 18.5. The van der Waals surface area contributed by atoms with Crippen LogP contribution in [0.5, 0.6) is 0 Å². The van der Waals surface area contributed by atoms with Crippen molar-refractivity contribution in [1.82, 2.24) is 15.0 Å². The third-order valence-electron chi connectivity index (χ3n) is 16.2. The summed E-state index contributed by atoms with van der Waals surface area (Å²) in [6.07, 6.45) is 0. The maximum atomic E-state index is 6.70. The molecule has 0 amide bonds. The minimum Gasteiger partial charge on any atom is -0.456 e. The van der Waals surface area contributed by atoms with E-state index >= 15 is 0 Å². The summed E-state index contributed by atoms with van der Waals surface area (Å²) < 4.78 is 11.6. The van der Waals surface area contributed by atoms with Crippen molar-refractivity contribution < 1.29 is 4.42 Å². The van der Waals surface area contributed by atoms with Crippen LogP contribution in [0.15, 0.2) is 241 Å². The van der Waals surface area contributed by atoms with Gasteiger partial charge >= 0.3 is 0 Å². The Morgan fingerprint density at radius 2 is 0.763 bits per heavy atom. The van der Waals surface area contributed by atoms with E-state index in [0.29, 0.717) is 17.5 Å². The fourth-order valence-electron chi connectivity index (χ4n) is 12.9. The first-order valence-electron chi connectivity index (χ1n) is 25.7. The topological polar surface area (TPSA) is 51.8 Å². The Morgan fingerprint density at radius 3 is 1.50 bits per heavy atom. The minimum atomic E-state index is -0.407. The predicted octanol–water partition coefficient (Wildman–Crippen LogP) is 19.2. The van der Waals surface area contributed by atoms with E-state index in [-0.39, 0.29) is 0 Å². The number of rotatable bonds is 5. The summed E-state index contributed by atoms with van der Waals surface area (Å²) in [4.78, 5) is 16.2. The first-order valence-corrected chi connectivity index (χ1v) is 27.4. The van der Waals surface area contributed by atoms with Gasteiger partial charge in [0, 0.05) is 67.8 Å². The molecular weight excluding hydrogens is 963 g/mol. The zero-order valence-electron chi connectivity index (χ0n) is 40.6. The summed E-state index contributed by atoms with van der Waals surface area (Å²) in [5.74, 6) is 1.85. The Morgan fingerprint density at radius 1 is 0.276 bits per heavy atom. The first kappa shape index (κ1) is 42.1. The maximum Gasteiger partial charge on any atom is 0.164 e. The van der Waals surface area contributed by atoms with Crippen molar-refractivity contribution in [3.63, 3.8) is 0 Å². The second-order valence-corrected chi connectivity index (χ2v) is 22.3. The highest BCUT2D eigenvalue weighted by Gasteiger charge is 2.51. The molecule has 4 nitrogen and oxygen atoms in total. The molecule has 0 fully saturated rings. The molecule has 6 heteroatoms. The highest BCUT2D eigenvalue weighted by molar-refractivity contribution is 7.26. The molecule has 15 aromatic rings. The van der Waals surface area contributed by atoms with E-state index in [1.165, 1.54) is 85.0 Å². The van der Waals surface area contributed by atoms with E-state index in [2.05, 4.69) is 231 Å². The number of fused-ring (bicyclic) bond motifs is 19. The zero-order chi connectivity index (χ0) is 49.6. The molecule has 0 aliphatic heterocycles. The van der Waals surface area contributed by atoms with Gasteiger partial charge in [-0.05, 0) is 133 Å². The van der Waals surface area contributed by atoms with Gasteiger partial charge in [0.05, 0.1) is 5.41 Å². The molecule has 0 bridgehead atoms. The first-order chi connectivity index (χ1) is 37.6. The molecule has 352 valence electrons. The second kappa shape index (κ2) is 15.8. The smallest absolute Gasteiger partial charge is 0.164 e. The van der Waals surface area contributed by atoms with E-state index in [1.54, 1.807) is 11.3 Å². The number of aromatic nitrogens is 3. The lowest BCUT2D eigenvalue weighted by Gasteiger charge is -2.30. The largest absolute Gasteiger partial charge is 0.456 e. The molecule has 0 saturated carbocycles. The van der Waals surface area contributed by atoms with Gasteiger partial charge in [-0.1, -0.05) is 170 Å². The Labute approximate surface area is 444 Å². The van der Waals surface area contributed by atoms with Gasteiger partial charge in [-0.25, -0.2) is 15.0 Å². The van der Waals surface area contributed by atoms with Crippen LogP contribution in [0, 0.1) is 0 Å². The van der Waals surface area contributed by atoms with Gasteiger partial charge in [0.15, 0.2) is 17.5 Å². The lowest BCUT2D eigenvalue weighted by Crippen LogP contribution is -2.25. The highest BCUT2D eigenvalue weighted by Crippen LogP contribution is 2.63. The van der Waals surface area contributed by atoms with Crippen molar-refractivity contribution in [2.24, 2.45) is 0 Å². The van der Waals surface area contributed by atoms with Crippen molar-refractivity contribution in [1.29, 1.82) is 0 Å². The van der Waals surface area contributed by atoms with Gasteiger partial charge in [-0.2, -0.15) is 0 Å². The van der Waals surface area contributed by atoms with Crippen LogP contribution >= 0.6 is 22.7 Å². The van der Waals surface area contributed by atoms with Crippen molar-refractivity contribution in [2.45, 2.75) is 5.41 Å². The summed E-state index contributed by atoms with van der Waals surface area (Å²) in [6, 6.07) is 86.2. The van der Waals surface area contributed by atoms with Gasteiger partial charge in [-0.15, -0.1) is 22.7 Å². The van der Waals surface area contributed by atoms with Crippen LogP contribution in [0.4, 0.5) is 0 Å². The molecule has 76 heavy (non-hydrogen) atoms. The maximum absolute atomic E-state index is 6.70. The number of nitrogens with zero attached hydrogens (tertiary/aromatic N) is 3. The molecule has 4 heterocycles. The quantitative estimate of drug-likeness (QED) is 0.172. The fourth-order valence-corrected chi connectivity index (χ4v) is 15.1. The Bertz CT molecular complexity index is 4920.